The molecule has 5 heterocycles. The zero-order valence-electron chi connectivity index (χ0n) is 38.3. The number of aromatic nitrogens is 1. The van der Waals surface area contributed by atoms with Gasteiger partial charge in [-0.15, -0.1) is 0 Å². The summed E-state index contributed by atoms with van der Waals surface area (Å²) < 4.78 is 28.3. The third-order valence-electron chi connectivity index (χ3n) is 14.0. The molecule has 18 heteroatoms. The summed E-state index contributed by atoms with van der Waals surface area (Å²) in [4.78, 5) is 79.0. The van der Waals surface area contributed by atoms with Gasteiger partial charge in [-0.1, -0.05) is 39.3 Å². The van der Waals surface area contributed by atoms with Gasteiger partial charge in [-0.3, -0.25) is 39.1 Å². The average Bonchev–Trinajstić information content (AvgIpc) is 3.51. The number of imide groups is 2. The molecule has 5 amide bonds. The molecule has 1 aromatic heterocycles. The van der Waals surface area contributed by atoms with Gasteiger partial charge in [-0.25, -0.2) is 9.37 Å². The minimum atomic E-state index is -1.11. The van der Waals surface area contributed by atoms with Crippen LogP contribution in [0.15, 0.2) is 42.6 Å². The number of halogens is 2. The van der Waals surface area contributed by atoms with Crippen LogP contribution >= 0.6 is 11.6 Å². The number of likely N-dealkylation sites (N-methyl/N-ethyl adjacent to an activating group) is 1. The average molecular weight is 926 g/mol. The van der Waals surface area contributed by atoms with Crippen molar-refractivity contribution < 1.29 is 37.8 Å². The number of piperazine rings is 1. The molecule has 2 N–H and O–H groups in total. The van der Waals surface area contributed by atoms with E-state index in [1.807, 2.05) is 30.0 Å². The Kier molecular flexibility index (Phi) is 13.1. The summed E-state index contributed by atoms with van der Waals surface area (Å²) in [6, 6.07) is 10.1. The van der Waals surface area contributed by atoms with Crippen LogP contribution in [0.3, 0.4) is 0 Å². The fraction of sp³-hybridized carbons (Fsp3) is 0.521. The zero-order valence-corrected chi connectivity index (χ0v) is 39.0. The molecule has 16 nitrogen and oxygen atoms in total. The minimum Gasteiger partial charge on any atom is -0.491 e. The number of hydrogen-bond acceptors (Lipinski definition) is 13. The Hall–Kier alpha value is -5.83. The van der Waals surface area contributed by atoms with Crippen molar-refractivity contribution in [3.05, 3.63) is 75.7 Å². The minimum absolute atomic E-state index is 0.00618. The number of hydrogen-bond donors (Lipinski definition) is 2. The van der Waals surface area contributed by atoms with E-state index < -0.39 is 46.3 Å². The number of carbonyl (C=O) groups excluding carboxylic acids is 5. The number of pyridine rings is 1. The largest absolute Gasteiger partial charge is 0.491 e. The Morgan fingerprint density at radius 2 is 1.64 bits per heavy atom. The molecule has 66 heavy (non-hydrogen) atoms. The third-order valence-corrected chi connectivity index (χ3v) is 14.3. The second-order valence-corrected chi connectivity index (χ2v) is 19.9. The van der Waals surface area contributed by atoms with E-state index in [-0.39, 0.29) is 47.7 Å². The number of nitriles is 1. The first-order valence-electron chi connectivity index (χ1n) is 22.6. The van der Waals surface area contributed by atoms with E-state index in [1.54, 1.807) is 24.4 Å². The van der Waals surface area contributed by atoms with Crippen molar-refractivity contribution in [2.75, 3.05) is 82.9 Å². The van der Waals surface area contributed by atoms with Gasteiger partial charge in [0.15, 0.2) is 0 Å². The Labute approximate surface area is 389 Å². The molecule has 2 aromatic carbocycles. The van der Waals surface area contributed by atoms with Crippen LogP contribution in [-0.2, 0) is 9.59 Å². The van der Waals surface area contributed by atoms with Crippen LogP contribution in [0.4, 0.5) is 15.9 Å². The molecule has 3 saturated heterocycles. The monoisotopic (exact) mass is 925 g/mol. The molecule has 3 aromatic rings. The van der Waals surface area contributed by atoms with Gasteiger partial charge in [0.25, 0.3) is 17.7 Å². The lowest BCUT2D eigenvalue weighted by Crippen LogP contribution is -2.74. The summed E-state index contributed by atoms with van der Waals surface area (Å²) in [7, 11) is 3.93. The van der Waals surface area contributed by atoms with Crippen LogP contribution in [0.2, 0.25) is 5.02 Å². The Morgan fingerprint density at radius 3 is 2.27 bits per heavy atom. The number of fused-ring (bicyclic) bond motifs is 1. The first-order chi connectivity index (χ1) is 31.4. The van der Waals surface area contributed by atoms with E-state index in [2.05, 4.69) is 54.2 Å². The number of ether oxygens (including phenoxy) is 2. The summed E-state index contributed by atoms with van der Waals surface area (Å²) in [6.45, 7) is 14.2. The van der Waals surface area contributed by atoms with E-state index in [4.69, 9.17) is 26.1 Å². The maximum Gasteiger partial charge on any atom is 0.262 e. The van der Waals surface area contributed by atoms with Crippen LogP contribution in [0, 0.1) is 33.9 Å². The second kappa shape index (κ2) is 18.5. The van der Waals surface area contributed by atoms with Crippen molar-refractivity contribution in [1.29, 1.82) is 5.26 Å². The Morgan fingerprint density at radius 1 is 0.955 bits per heavy atom. The Balaban J connectivity index is 0.859. The van der Waals surface area contributed by atoms with Gasteiger partial charge >= 0.3 is 0 Å². The molecular weight excluding hydrogens is 869 g/mol. The zero-order chi connectivity index (χ0) is 47.2. The van der Waals surface area contributed by atoms with Crippen LogP contribution in [-0.4, -0.2) is 140 Å². The molecular formula is C48H57ClFN9O7. The molecule has 1 saturated carbocycles. The number of nitrogens with one attached hydrogen (secondary N) is 2. The van der Waals surface area contributed by atoms with E-state index in [0.717, 1.165) is 49.3 Å². The standard InChI is InChI=1S/C48H57ClFN9O7/c1-47(2)45(48(3,4)46(47)66-30-8-7-29(25-51)34(49)21-30)54-41(61)33-26-52-39(24-38(33)65-20-19-55(5)6)58-13-11-28(12-14-58)27-56-15-17-57(18-16-56)37-23-32-31(22-35(37)50)43(63)59(44(32)64)36-9-10-40(60)53-42(36)62/h7-8,21-24,26,28,36,45-46H,9-20,27H2,1-6H3,(H,54,61)(H,53,60,62). The van der Waals surface area contributed by atoms with Crippen LogP contribution in [0.25, 0.3) is 0 Å². The van der Waals surface area contributed by atoms with Crippen molar-refractivity contribution >= 4 is 52.6 Å². The number of benzene rings is 2. The van der Waals surface area contributed by atoms with E-state index >= 15 is 4.39 Å². The topological polar surface area (TPSA) is 181 Å². The highest BCUT2D eigenvalue weighted by molar-refractivity contribution is 6.31. The molecule has 1 unspecified atom stereocenters. The predicted octanol–water partition coefficient (Wildman–Crippen LogP) is 4.74. The van der Waals surface area contributed by atoms with Gasteiger partial charge < -0.3 is 29.5 Å². The van der Waals surface area contributed by atoms with Crippen LogP contribution in [0.5, 0.6) is 11.5 Å². The molecule has 4 fully saturated rings. The molecule has 5 aliphatic rings. The number of piperidine rings is 2. The normalized spacial score (nSPS) is 23.0. The van der Waals surface area contributed by atoms with Gasteiger partial charge in [0.1, 0.15) is 48.0 Å². The summed E-state index contributed by atoms with van der Waals surface area (Å²) >= 11 is 6.30. The molecule has 1 aliphatic carbocycles. The highest BCUT2D eigenvalue weighted by atomic mass is 35.5. The van der Waals surface area contributed by atoms with Crippen LogP contribution < -0.4 is 29.9 Å². The lowest BCUT2D eigenvalue weighted by atomic mass is 9.49. The van der Waals surface area contributed by atoms with Gasteiger partial charge in [0, 0.05) is 94.0 Å². The number of anilines is 2. The number of nitrogens with zero attached hydrogens (tertiary/aromatic N) is 7. The van der Waals surface area contributed by atoms with Crippen molar-refractivity contribution in [3.63, 3.8) is 0 Å². The fourth-order valence-electron chi connectivity index (χ4n) is 10.6. The van der Waals surface area contributed by atoms with Gasteiger partial charge in [-0.05, 0) is 63.5 Å². The number of amides is 5. The SMILES string of the molecule is CN(C)CCOc1cc(N2CCC(CN3CCN(c4cc5c(cc4F)C(=O)N(C4CCC(=O)NC4=O)C5=O)CC3)CC2)ncc1C(=O)NC1C(C)(C)C(Oc2ccc(C#N)c(Cl)c2)C1(C)C. The van der Waals surface area contributed by atoms with E-state index in [0.29, 0.717) is 72.9 Å². The maximum absolute atomic E-state index is 15.6. The van der Waals surface area contributed by atoms with Crippen molar-refractivity contribution in [2.24, 2.45) is 16.7 Å². The quantitative estimate of drug-likeness (QED) is 0.225. The Bertz CT molecular complexity index is 2460. The molecule has 350 valence electrons. The van der Waals surface area contributed by atoms with Crippen molar-refractivity contribution in [3.8, 4) is 17.6 Å². The van der Waals surface area contributed by atoms with Gasteiger partial charge in [0.05, 0.1) is 33.0 Å². The highest BCUT2D eigenvalue weighted by Crippen LogP contribution is 2.56. The second-order valence-electron chi connectivity index (χ2n) is 19.5. The van der Waals surface area contributed by atoms with Gasteiger partial charge in [-0.2, -0.15) is 5.26 Å². The molecule has 8 rings (SSSR count). The third kappa shape index (κ3) is 9.02. The van der Waals surface area contributed by atoms with E-state index in [1.165, 1.54) is 6.07 Å². The highest BCUT2D eigenvalue weighted by Gasteiger charge is 2.64. The lowest BCUT2D eigenvalue weighted by Gasteiger charge is -2.63. The summed E-state index contributed by atoms with van der Waals surface area (Å²) in [5, 5.41) is 15.1. The number of carbonyl (C=O) groups is 5. The van der Waals surface area contributed by atoms with Crippen molar-refractivity contribution in [2.45, 2.75) is 71.6 Å². The molecule has 0 bridgehead atoms. The van der Waals surface area contributed by atoms with Crippen molar-refractivity contribution in [1.82, 2.24) is 30.3 Å². The molecule has 0 spiro atoms. The molecule has 0 radical (unpaired) electrons. The summed E-state index contributed by atoms with van der Waals surface area (Å²) in [6.07, 6.45) is 3.26. The van der Waals surface area contributed by atoms with E-state index in [9.17, 15) is 29.2 Å². The first-order valence-corrected chi connectivity index (χ1v) is 23.0. The number of rotatable bonds is 13. The van der Waals surface area contributed by atoms with Gasteiger partial charge in [0.2, 0.25) is 11.8 Å². The summed E-state index contributed by atoms with van der Waals surface area (Å²) in [5.41, 5.74) is 0.0557. The predicted molar refractivity (Wildman–Crippen MR) is 244 cm³/mol. The first kappa shape index (κ1) is 46.7. The lowest BCUT2D eigenvalue weighted by molar-refractivity contribution is -0.164. The smallest absolute Gasteiger partial charge is 0.262 e. The molecule has 1 atom stereocenters. The summed E-state index contributed by atoms with van der Waals surface area (Å²) in [5.74, 6) is -1.24. The maximum atomic E-state index is 15.6. The van der Waals surface area contributed by atoms with Crippen LogP contribution in [0.1, 0.15) is 90.0 Å². The fourth-order valence-corrected chi connectivity index (χ4v) is 10.8. The molecule has 4 aliphatic heterocycles.